The Hall–Kier alpha value is -1.23. The number of hydrogen-bond acceptors (Lipinski definition) is 2. The monoisotopic (exact) mass is 193 g/mol. The first-order valence-corrected chi connectivity index (χ1v) is 3.34. The van der Waals surface area contributed by atoms with Crippen molar-refractivity contribution >= 4 is 0 Å². The summed E-state index contributed by atoms with van der Waals surface area (Å²) in [4.78, 5) is 0. The van der Waals surface area contributed by atoms with E-state index in [2.05, 4.69) is 4.74 Å². The van der Waals surface area contributed by atoms with Crippen LogP contribution in [-0.4, -0.2) is 6.36 Å². The lowest BCUT2D eigenvalue weighted by Crippen LogP contribution is -2.18. The lowest BCUT2D eigenvalue weighted by molar-refractivity contribution is -0.274. The zero-order valence-electron chi connectivity index (χ0n) is 8.43. The molecule has 0 spiro atoms. The van der Waals surface area contributed by atoms with Crippen LogP contribution < -0.4 is 10.5 Å². The van der Waals surface area contributed by atoms with Crippen molar-refractivity contribution in [1.29, 1.82) is 0 Å². The van der Waals surface area contributed by atoms with Crippen molar-refractivity contribution in [3.63, 3.8) is 0 Å². The van der Waals surface area contributed by atoms with Gasteiger partial charge >= 0.3 is 6.36 Å². The summed E-state index contributed by atoms with van der Waals surface area (Å²) in [6.45, 7) is -1.37. The summed E-state index contributed by atoms with van der Waals surface area (Å²) in [7, 11) is 0. The molecule has 0 saturated heterocycles. The topological polar surface area (TPSA) is 35.2 Å². The van der Waals surface area contributed by atoms with Gasteiger partial charge in [-0.25, -0.2) is 0 Å². The van der Waals surface area contributed by atoms with Crippen molar-refractivity contribution in [2.75, 3.05) is 0 Å². The molecule has 0 aliphatic rings. The van der Waals surface area contributed by atoms with E-state index in [1.54, 1.807) is 0 Å². The Morgan fingerprint density at radius 2 is 2.23 bits per heavy atom. The summed E-state index contributed by atoms with van der Waals surface area (Å²) in [5.41, 5.74) is 4.97. The second-order valence-electron chi connectivity index (χ2n) is 2.17. The van der Waals surface area contributed by atoms with Crippen LogP contribution in [0.5, 0.6) is 5.75 Å². The third-order valence-corrected chi connectivity index (χ3v) is 1.25. The number of nitrogens with two attached hydrogens (primary N) is 1. The standard InChI is InChI=1S/C8H8F3NO/c9-8(10,11)13-7-4-2-1-3-6(7)5-12/h1-4H,5,12H2/i4D,5D. The van der Waals surface area contributed by atoms with Crippen LogP contribution in [0, 0.1) is 0 Å². The first kappa shape index (κ1) is 7.20. The predicted molar refractivity (Wildman–Crippen MR) is 41.0 cm³/mol. The van der Waals surface area contributed by atoms with Gasteiger partial charge in [-0.1, -0.05) is 18.2 Å². The first-order chi connectivity index (χ1) is 6.81. The second-order valence-corrected chi connectivity index (χ2v) is 2.17. The minimum Gasteiger partial charge on any atom is -0.405 e. The predicted octanol–water partition coefficient (Wildman–Crippen LogP) is 2.04. The van der Waals surface area contributed by atoms with Gasteiger partial charge in [-0.05, 0) is 6.04 Å². The molecule has 0 fully saturated rings. The molecule has 0 amide bonds. The van der Waals surface area contributed by atoms with Crippen LogP contribution in [-0.2, 0) is 6.52 Å². The number of halogens is 3. The molecule has 0 aliphatic carbocycles. The van der Waals surface area contributed by atoms with E-state index < -0.39 is 24.7 Å². The molecule has 0 bridgehead atoms. The molecule has 0 radical (unpaired) electrons. The summed E-state index contributed by atoms with van der Waals surface area (Å²) in [6, 6.07) is 3.24. The normalized spacial score (nSPS) is 16.0. The molecule has 1 unspecified atom stereocenters. The summed E-state index contributed by atoms with van der Waals surface area (Å²) in [5, 5.41) is 0. The van der Waals surface area contributed by atoms with E-state index in [0.717, 1.165) is 6.07 Å². The van der Waals surface area contributed by atoms with Crippen LogP contribution in [0.15, 0.2) is 24.2 Å². The van der Waals surface area contributed by atoms with Gasteiger partial charge in [-0.3, -0.25) is 0 Å². The lowest BCUT2D eigenvalue weighted by atomic mass is 10.2. The van der Waals surface area contributed by atoms with Crippen LogP contribution in [0.4, 0.5) is 13.2 Å². The fourth-order valence-electron chi connectivity index (χ4n) is 0.770. The van der Waals surface area contributed by atoms with Crippen molar-refractivity contribution < 1.29 is 20.6 Å². The minimum atomic E-state index is -4.89. The highest BCUT2D eigenvalue weighted by Gasteiger charge is 2.31. The number of benzene rings is 1. The molecule has 1 aromatic carbocycles. The largest absolute Gasteiger partial charge is 0.573 e. The van der Waals surface area contributed by atoms with Crippen molar-refractivity contribution in [1.82, 2.24) is 0 Å². The zero-order chi connectivity index (χ0) is 11.6. The van der Waals surface area contributed by atoms with Gasteiger partial charge in [0.2, 0.25) is 0 Å². The Labute approximate surface area is 75.9 Å². The number of ether oxygens (including phenoxy) is 1. The van der Waals surface area contributed by atoms with E-state index in [1.807, 2.05) is 0 Å². The summed E-state index contributed by atoms with van der Waals surface area (Å²) >= 11 is 0. The van der Waals surface area contributed by atoms with E-state index in [0.29, 0.717) is 0 Å². The van der Waals surface area contributed by atoms with Crippen LogP contribution in [0.25, 0.3) is 0 Å². The highest BCUT2D eigenvalue weighted by atomic mass is 19.4. The van der Waals surface area contributed by atoms with Gasteiger partial charge in [-0.15, -0.1) is 13.2 Å². The second kappa shape index (κ2) is 3.66. The van der Waals surface area contributed by atoms with Gasteiger partial charge in [0.25, 0.3) is 0 Å². The van der Waals surface area contributed by atoms with Gasteiger partial charge in [-0.2, -0.15) is 0 Å². The SMILES string of the molecule is [2H]c1cccc(C([2H])N)c1OC(F)(F)F. The van der Waals surface area contributed by atoms with Gasteiger partial charge in [0.05, 0.1) is 1.37 Å². The molecule has 1 rings (SSSR count). The molecule has 1 atom stereocenters. The Morgan fingerprint density at radius 1 is 1.54 bits per heavy atom. The summed E-state index contributed by atoms with van der Waals surface area (Å²) in [6.07, 6.45) is -4.89. The van der Waals surface area contributed by atoms with E-state index in [9.17, 15) is 13.2 Å². The smallest absolute Gasteiger partial charge is 0.405 e. The number of hydrogen-bond donors (Lipinski definition) is 1. The molecule has 5 heteroatoms. The molecule has 72 valence electrons. The highest BCUT2D eigenvalue weighted by Crippen LogP contribution is 2.25. The van der Waals surface area contributed by atoms with E-state index in [4.69, 9.17) is 8.48 Å². The van der Waals surface area contributed by atoms with Crippen LogP contribution >= 0.6 is 0 Å². The summed E-state index contributed by atoms with van der Waals surface area (Å²) in [5.74, 6) is -0.715. The average molecular weight is 193 g/mol. The lowest BCUT2D eigenvalue weighted by Gasteiger charge is -2.11. The van der Waals surface area contributed by atoms with E-state index in [-0.39, 0.29) is 5.56 Å². The van der Waals surface area contributed by atoms with Gasteiger partial charge in [0, 0.05) is 13.5 Å². The van der Waals surface area contributed by atoms with Crippen molar-refractivity contribution in [2.45, 2.75) is 12.9 Å². The zero-order valence-corrected chi connectivity index (χ0v) is 6.43. The van der Waals surface area contributed by atoms with Gasteiger partial charge in [0.15, 0.2) is 0 Å². The molecule has 1 aromatic rings. The van der Waals surface area contributed by atoms with Crippen LogP contribution in [0.3, 0.4) is 0 Å². The molecular formula is C8H8F3NO. The molecule has 0 aliphatic heterocycles. The molecular weight excluding hydrogens is 183 g/mol. The van der Waals surface area contributed by atoms with E-state index >= 15 is 0 Å². The third kappa shape index (κ3) is 2.95. The van der Waals surface area contributed by atoms with Crippen molar-refractivity contribution in [2.24, 2.45) is 5.73 Å². The van der Waals surface area contributed by atoms with Crippen molar-refractivity contribution in [3.05, 3.63) is 29.8 Å². The number of rotatable bonds is 2. The maximum Gasteiger partial charge on any atom is 0.573 e. The van der Waals surface area contributed by atoms with Crippen LogP contribution in [0.1, 0.15) is 8.30 Å². The molecule has 0 heterocycles. The molecule has 13 heavy (non-hydrogen) atoms. The molecule has 0 aromatic heterocycles. The third-order valence-electron chi connectivity index (χ3n) is 1.25. The highest BCUT2D eigenvalue weighted by molar-refractivity contribution is 5.33. The van der Waals surface area contributed by atoms with Gasteiger partial charge in [0.1, 0.15) is 5.75 Å². The minimum absolute atomic E-state index is 0.167. The fraction of sp³-hybridized carbons (Fsp3) is 0.250. The first-order valence-electron chi connectivity index (χ1n) is 4.42. The maximum atomic E-state index is 12.0. The Kier molecular flexibility index (Phi) is 2.02. The van der Waals surface area contributed by atoms with Crippen LogP contribution in [0.2, 0.25) is 0 Å². The van der Waals surface area contributed by atoms with Gasteiger partial charge < -0.3 is 10.5 Å². The number of alkyl halides is 3. The molecule has 0 saturated carbocycles. The molecule has 2 N–H and O–H groups in total. The van der Waals surface area contributed by atoms with Crippen molar-refractivity contribution in [3.8, 4) is 5.75 Å². The molecule has 2 nitrogen and oxygen atoms in total. The Bertz CT molecular complexity index is 354. The fourth-order valence-corrected chi connectivity index (χ4v) is 0.770. The average Bonchev–Trinajstić information content (AvgIpc) is 2.05. The Balaban J connectivity index is 3.14. The van der Waals surface area contributed by atoms with E-state index in [1.165, 1.54) is 12.1 Å². The quantitative estimate of drug-likeness (QED) is 0.780. The number of para-hydroxylation sites is 1. The summed E-state index contributed by atoms with van der Waals surface area (Å²) < 4.78 is 53.8. The maximum absolute atomic E-state index is 12.0. The Morgan fingerprint density at radius 3 is 2.77 bits per heavy atom.